The quantitative estimate of drug-likeness (QED) is 0.546. The molecule has 34 heavy (non-hydrogen) atoms. The molecule has 0 spiro atoms. The summed E-state index contributed by atoms with van der Waals surface area (Å²) >= 11 is 0. The first kappa shape index (κ1) is 25.6. The number of nitrogens with zero attached hydrogens (tertiary/aromatic N) is 3. The van der Waals surface area contributed by atoms with E-state index in [-0.39, 0.29) is 17.7 Å². The van der Waals surface area contributed by atoms with E-state index in [0.717, 1.165) is 31.6 Å². The Morgan fingerprint density at radius 2 is 2.00 bits per heavy atom. The van der Waals surface area contributed by atoms with Crippen LogP contribution < -0.4 is 10.1 Å². The van der Waals surface area contributed by atoms with Crippen molar-refractivity contribution in [2.75, 3.05) is 13.7 Å². The van der Waals surface area contributed by atoms with Crippen LogP contribution >= 0.6 is 0 Å². The van der Waals surface area contributed by atoms with Gasteiger partial charge in [0.05, 0.1) is 12.8 Å². The highest BCUT2D eigenvalue weighted by molar-refractivity contribution is 5.97. The zero-order chi connectivity index (χ0) is 24.9. The molecule has 0 saturated heterocycles. The molecule has 2 aromatic rings. The normalized spacial score (nSPS) is 18.4. The zero-order valence-electron chi connectivity index (χ0n) is 19.8. The van der Waals surface area contributed by atoms with Crippen molar-refractivity contribution < 1.29 is 22.7 Å². The first-order valence-electron chi connectivity index (χ1n) is 11.7. The third-order valence-electron chi connectivity index (χ3n) is 6.48. The lowest BCUT2D eigenvalue weighted by Gasteiger charge is -2.26. The Bertz CT molecular complexity index is 1050. The highest BCUT2D eigenvalue weighted by Gasteiger charge is 2.28. The van der Waals surface area contributed by atoms with E-state index < -0.39 is 18.5 Å². The smallest absolute Gasteiger partial charge is 0.389 e. The van der Waals surface area contributed by atoms with Gasteiger partial charge in [-0.3, -0.25) is 9.48 Å². The Hall–Kier alpha value is -3.02. The van der Waals surface area contributed by atoms with Crippen LogP contribution in [0.1, 0.15) is 67.6 Å². The summed E-state index contributed by atoms with van der Waals surface area (Å²) < 4.78 is 44.9. The fourth-order valence-corrected chi connectivity index (χ4v) is 4.46. The number of rotatable bonds is 8. The first-order valence-corrected chi connectivity index (χ1v) is 11.7. The van der Waals surface area contributed by atoms with E-state index in [0.29, 0.717) is 41.6 Å². The molecule has 3 rings (SSSR count). The highest BCUT2D eigenvalue weighted by atomic mass is 19.4. The number of nitriles is 1. The number of carbonyl (C=O) groups is 1. The lowest BCUT2D eigenvalue weighted by Crippen LogP contribution is -2.31. The Morgan fingerprint density at radius 1 is 1.29 bits per heavy atom. The van der Waals surface area contributed by atoms with E-state index in [4.69, 9.17) is 4.74 Å². The highest BCUT2D eigenvalue weighted by Crippen LogP contribution is 2.35. The van der Waals surface area contributed by atoms with Crippen LogP contribution in [0.3, 0.4) is 0 Å². The Kier molecular flexibility index (Phi) is 8.24. The van der Waals surface area contributed by atoms with E-state index in [9.17, 15) is 23.2 Å². The molecular weight excluding hydrogens is 445 g/mol. The molecule has 0 unspecified atom stereocenters. The molecule has 0 atom stereocenters. The average Bonchev–Trinajstić information content (AvgIpc) is 3.20. The molecule has 0 aliphatic heterocycles. The van der Waals surface area contributed by atoms with Gasteiger partial charge in [-0.25, -0.2) is 0 Å². The minimum Gasteiger partial charge on any atom is -0.496 e. The number of alkyl halides is 3. The predicted octanol–water partition coefficient (Wildman–Crippen LogP) is 5.50. The summed E-state index contributed by atoms with van der Waals surface area (Å²) in [6, 6.07) is 6.85. The van der Waals surface area contributed by atoms with Crippen LogP contribution in [0.4, 0.5) is 13.2 Å². The van der Waals surface area contributed by atoms with Crippen LogP contribution in [0.25, 0.3) is 11.3 Å². The second kappa shape index (κ2) is 10.9. The maximum atomic E-state index is 13.0. The van der Waals surface area contributed by atoms with Crippen molar-refractivity contribution in [3.05, 3.63) is 35.0 Å². The average molecular weight is 477 g/mol. The van der Waals surface area contributed by atoms with Gasteiger partial charge in [0.2, 0.25) is 0 Å². The van der Waals surface area contributed by atoms with Crippen LogP contribution in [0.5, 0.6) is 5.75 Å². The van der Waals surface area contributed by atoms with Crippen LogP contribution in [-0.2, 0) is 13.0 Å². The first-order chi connectivity index (χ1) is 16.2. The molecule has 1 aliphatic rings. The van der Waals surface area contributed by atoms with Crippen molar-refractivity contribution in [1.29, 1.82) is 5.26 Å². The molecule has 184 valence electrons. The molecule has 1 saturated carbocycles. The number of aromatic nitrogens is 2. The number of carbonyl (C=O) groups excluding carboxylic acids is 1. The molecule has 1 N–H and O–H groups in total. The Morgan fingerprint density at radius 3 is 2.59 bits per heavy atom. The number of hydrogen-bond acceptors (Lipinski definition) is 4. The Labute approximate surface area is 198 Å². The van der Waals surface area contributed by atoms with Crippen LogP contribution in [-0.4, -0.2) is 35.5 Å². The molecule has 1 aromatic heterocycles. The number of methoxy groups -OCH3 is 1. The summed E-state index contributed by atoms with van der Waals surface area (Å²) in [5.74, 6) is 1.07. The summed E-state index contributed by atoms with van der Waals surface area (Å²) in [5.41, 5.74) is 1.56. The maximum Gasteiger partial charge on any atom is 0.389 e. The van der Waals surface area contributed by atoms with Gasteiger partial charge in [-0.15, -0.1) is 0 Å². The van der Waals surface area contributed by atoms with Crippen molar-refractivity contribution >= 4 is 5.91 Å². The molecule has 1 aromatic carbocycles. The van der Waals surface area contributed by atoms with Crippen LogP contribution in [0.2, 0.25) is 0 Å². The van der Waals surface area contributed by atoms with E-state index in [1.165, 1.54) is 7.11 Å². The van der Waals surface area contributed by atoms with Gasteiger partial charge < -0.3 is 10.1 Å². The van der Waals surface area contributed by atoms with Gasteiger partial charge in [0, 0.05) is 25.1 Å². The minimum atomic E-state index is -4.25. The second-order valence-electron chi connectivity index (χ2n) is 8.99. The van der Waals surface area contributed by atoms with Gasteiger partial charge in [0.25, 0.3) is 5.91 Å². The lowest BCUT2D eigenvalue weighted by atomic mass is 9.83. The van der Waals surface area contributed by atoms with Gasteiger partial charge in [0.15, 0.2) is 5.69 Å². The standard InChI is InChI=1S/C25H31F3N4O2/c1-4-32-23(19-10-9-17(13-21(19)34-3)11-12-25(26,27)28)20(14-29)22(31-32)24(33)30-15-18-7-5-16(2)6-8-18/h9-10,13,16,18H,4-8,11-12,15H2,1-3H3,(H,30,33). The molecule has 1 amide bonds. The van der Waals surface area contributed by atoms with Gasteiger partial charge in [0.1, 0.15) is 17.4 Å². The number of halogens is 3. The van der Waals surface area contributed by atoms with Gasteiger partial charge in [-0.1, -0.05) is 25.8 Å². The van der Waals surface area contributed by atoms with Gasteiger partial charge in [-0.2, -0.15) is 23.5 Å². The fourth-order valence-electron chi connectivity index (χ4n) is 4.46. The lowest BCUT2D eigenvalue weighted by molar-refractivity contribution is -0.134. The number of nitrogens with one attached hydrogen (secondary N) is 1. The third kappa shape index (κ3) is 6.10. The topological polar surface area (TPSA) is 79.9 Å². The summed E-state index contributed by atoms with van der Waals surface area (Å²) in [6.07, 6.45) is -0.923. The molecule has 6 nitrogen and oxygen atoms in total. The molecule has 1 fully saturated rings. The summed E-state index contributed by atoms with van der Waals surface area (Å²) in [6.45, 7) is 5.02. The third-order valence-corrected chi connectivity index (χ3v) is 6.48. The van der Waals surface area contributed by atoms with Crippen molar-refractivity contribution in [3.8, 4) is 23.1 Å². The minimum absolute atomic E-state index is 0.0479. The summed E-state index contributed by atoms with van der Waals surface area (Å²) in [5, 5.41) is 17.2. The predicted molar refractivity (Wildman–Crippen MR) is 122 cm³/mol. The summed E-state index contributed by atoms with van der Waals surface area (Å²) in [4.78, 5) is 13.0. The van der Waals surface area contributed by atoms with Crippen molar-refractivity contribution in [2.45, 2.75) is 65.1 Å². The van der Waals surface area contributed by atoms with Crippen molar-refractivity contribution in [3.63, 3.8) is 0 Å². The van der Waals surface area contributed by atoms with E-state index in [2.05, 4.69) is 23.4 Å². The van der Waals surface area contributed by atoms with E-state index in [1.54, 1.807) is 22.9 Å². The number of hydrogen-bond donors (Lipinski definition) is 1. The fraction of sp³-hybridized carbons (Fsp3) is 0.560. The zero-order valence-corrected chi connectivity index (χ0v) is 19.8. The Balaban J connectivity index is 1.87. The van der Waals surface area contributed by atoms with E-state index >= 15 is 0 Å². The molecule has 1 heterocycles. The summed E-state index contributed by atoms with van der Waals surface area (Å²) in [7, 11) is 1.42. The number of ether oxygens (including phenoxy) is 1. The maximum absolute atomic E-state index is 13.0. The van der Waals surface area contributed by atoms with Gasteiger partial charge >= 0.3 is 6.18 Å². The van der Waals surface area contributed by atoms with Crippen LogP contribution in [0.15, 0.2) is 18.2 Å². The molecule has 9 heteroatoms. The number of aryl methyl sites for hydroxylation is 2. The van der Waals surface area contributed by atoms with Gasteiger partial charge in [-0.05, 0) is 55.7 Å². The largest absolute Gasteiger partial charge is 0.496 e. The second-order valence-corrected chi connectivity index (χ2v) is 8.99. The molecule has 0 bridgehead atoms. The van der Waals surface area contributed by atoms with E-state index in [1.807, 2.05) is 6.92 Å². The van der Waals surface area contributed by atoms with Crippen molar-refractivity contribution in [1.82, 2.24) is 15.1 Å². The molecule has 1 aliphatic carbocycles. The number of benzene rings is 1. The molecule has 0 radical (unpaired) electrons. The number of amides is 1. The SMILES string of the molecule is CCn1nc(C(=O)NCC2CCC(C)CC2)c(C#N)c1-c1ccc(CCC(F)(F)F)cc1OC. The molecular formula is C25H31F3N4O2. The monoisotopic (exact) mass is 476 g/mol. The van der Waals surface area contributed by atoms with Crippen LogP contribution in [0, 0.1) is 23.2 Å². The van der Waals surface area contributed by atoms with Crippen molar-refractivity contribution in [2.24, 2.45) is 11.8 Å².